The first-order valence-electron chi connectivity index (χ1n) is 11.7. The molecule has 14 heteroatoms. The van der Waals surface area contributed by atoms with Crippen LogP contribution < -0.4 is 0 Å². The Morgan fingerprint density at radius 1 is 1.05 bits per heavy atom. The molecular formula is C24H33N2O11P. The first-order chi connectivity index (χ1) is 17.9. The first kappa shape index (κ1) is 30.8. The highest BCUT2D eigenvalue weighted by atomic mass is 31.2. The van der Waals surface area contributed by atoms with Gasteiger partial charge in [-0.1, -0.05) is 37.3 Å². The van der Waals surface area contributed by atoms with Crippen LogP contribution in [0.15, 0.2) is 41.9 Å². The number of carbonyl (C=O) groups excluding carboxylic acids is 3. The molecule has 1 heterocycles. The van der Waals surface area contributed by atoms with Crippen molar-refractivity contribution in [2.24, 2.45) is 0 Å². The van der Waals surface area contributed by atoms with Gasteiger partial charge in [-0.15, -0.1) is 0 Å². The van der Waals surface area contributed by atoms with E-state index < -0.39 is 69.0 Å². The number of nitrogens with zero attached hydrogens (tertiary/aromatic N) is 2. The summed E-state index contributed by atoms with van der Waals surface area (Å²) in [6.45, 7) is 0.935. The molecule has 1 aliphatic rings. The molecule has 13 nitrogen and oxygen atoms in total. The molecule has 2 atom stereocenters. The van der Waals surface area contributed by atoms with Gasteiger partial charge in [-0.25, -0.2) is 18.7 Å². The van der Waals surface area contributed by atoms with E-state index in [0.29, 0.717) is 0 Å². The van der Waals surface area contributed by atoms with Gasteiger partial charge in [-0.2, -0.15) is 0 Å². The summed E-state index contributed by atoms with van der Waals surface area (Å²) in [5, 5.41) is 8.78. The highest BCUT2D eigenvalue weighted by molar-refractivity contribution is 7.54. The number of ether oxygens (including phenoxy) is 4. The van der Waals surface area contributed by atoms with E-state index in [2.05, 4.69) is 0 Å². The fourth-order valence-electron chi connectivity index (χ4n) is 3.19. The van der Waals surface area contributed by atoms with Crippen LogP contribution in [0.5, 0.6) is 0 Å². The second kappa shape index (κ2) is 13.9. The Bertz CT molecular complexity index is 1080. The lowest BCUT2D eigenvalue weighted by molar-refractivity contribution is -0.171. The summed E-state index contributed by atoms with van der Waals surface area (Å²) < 4.78 is 43.7. The zero-order valence-electron chi connectivity index (χ0n) is 21.9. The maximum Gasteiger partial charge on any atom is 0.395 e. The number of hydrogen-bond acceptors (Lipinski definition) is 10. The van der Waals surface area contributed by atoms with Crippen LogP contribution in [0.4, 0.5) is 0 Å². The Labute approximate surface area is 220 Å². The van der Waals surface area contributed by atoms with E-state index in [1.807, 2.05) is 6.07 Å². The van der Waals surface area contributed by atoms with Crippen molar-refractivity contribution < 1.29 is 52.3 Å². The zero-order valence-corrected chi connectivity index (χ0v) is 22.8. The Balaban J connectivity index is 2.44. The second-order valence-electron chi connectivity index (χ2n) is 8.53. The van der Waals surface area contributed by atoms with Gasteiger partial charge in [0.2, 0.25) is 6.10 Å². The van der Waals surface area contributed by atoms with E-state index in [4.69, 9.17) is 28.6 Å². The Kier molecular flexibility index (Phi) is 11.3. The summed E-state index contributed by atoms with van der Waals surface area (Å²) in [5.74, 6) is -4.42. The van der Waals surface area contributed by atoms with Crippen LogP contribution >= 0.6 is 7.67 Å². The molecule has 0 aliphatic carbocycles. The molecule has 0 amide bonds. The molecule has 1 aromatic rings. The average molecular weight is 557 g/mol. The number of cyclic esters (lactones) is 1. The van der Waals surface area contributed by atoms with Gasteiger partial charge < -0.3 is 28.6 Å². The van der Waals surface area contributed by atoms with Crippen molar-refractivity contribution in [1.29, 1.82) is 0 Å². The maximum atomic E-state index is 13.5. The predicted molar refractivity (Wildman–Crippen MR) is 132 cm³/mol. The normalized spacial score (nSPS) is 16.3. The fraction of sp³-hybridized carbons (Fsp3) is 0.500. The SMILES string of the molecule is CCC(=O)OC(COC(=O)CCC(=O)O)C1OC(=O)C(OP(=O)(N(C)C)N(C)C)=C1OCc1ccccc1. The van der Waals surface area contributed by atoms with E-state index in [-0.39, 0.29) is 18.8 Å². The quantitative estimate of drug-likeness (QED) is 0.191. The van der Waals surface area contributed by atoms with E-state index in [9.17, 15) is 23.7 Å². The number of carboxylic acid groups (broad SMARTS) is 1. The number of carbonyl (C=O) groups is 4. The fourth-order valence-corrected chi connectivity index (χ4v) is 4.64. The lowest BCUT2D eigenvalue weighted by Gasteiger charge is -2.29. The van der Waals surface area contributed by atoms with Crippen LogP contribution in [0.3, 0.4) is 0 Å². The zero-order chi connectivity index (χ0) is 28.5. The Morgan fingerprint density at radius 2 is 1.68 bits per heavy atom. The molecule has 0 spiro atoms. The van der Waals surface area contributed by atoms with Crippen molar-refractivity contribution in [1.82, 2.24) is 9.34 Å². The maximum absolute atomic E-state index is 13.5. The molecule has 0 bridgehead atoms. The van der Waals surface area contributed by atoms with Gasteiger partial charge in [-0.3, -0.25) is 14.4 Å². The molecule has 2 rings (SSSR count). The number of hydrogen-bond donors (Lipinski definition) is 1. The minimum atomic E-state index is -3.74. The van der Waals surface area contributed by atoms with Crippen LogP contribution in [0.25, 0.3) is 0 Å². The average Bonchev–Trinajstić information content (AvgIpc) is 3.18. The molecule has 1 aliphatic heterocycles. The Hall–Kier alpha value is -3.41. The molecule has 0 saturated carbocycles. The number of rotatable bonds is 15. The van der Waals surface area contributed by atoms with Crippen molar-refractivity contribution in [2.45, 2.75) is 45.0 Å². The van der Waals surface area contributed by atoms with Gasteiger partial charge in [-0.05, 0) is 33.8 Å². The third kappa shape index (κ3) is 8.30. The lowest BCUT2D eigenvalue weighted by atomic mass is 10.1. The summed E-state index contributed by atoms with van der Waals surface area (Å²) >= 11 is 0. The van der Waals surface area contributed by atoms with E-state index >= 15 is 0 Å². The van der Waals surface area contributed by atoms with Crippen LogP contribution in [-0.4, -0.2) is 85.3 Å². The van der Waals surface area contributed by atoms with Gasteiger partial charge in [0.05, 0.1) is 12.8 Å². The monoisotopic (exact) mass is 556 g/mol. The van der Waals surface area contributed by atoms with Gasteiger partial charge in [0.25, 0.3) is 5.76 Å². The molecular weight excluding hydrogens is 523 g/mol. The van der Waals surface area contributed by atoms with Crippen molar-refractivity contribution in [3.05, 3.63) is 47.4 Å². The largest absolute Gasteiger partial charge is 0.485 e. The number of esters is 3. The summed E-state index contributed by atoms with van der Waals surface area (Å²) in [6.07, 6.45) is -3.66. The second-order valence-corrected chi connectivity index (χ2v) is 11.3. The molecule has 0 aromatic heterocycles. The third-order valence-electron chi connectivity index (χ3n) is 5.22. The minimum Gasteiger partial charge on any atom is -0.485 e. The first-order valence-corrected chi connectivity index (χ1v) is 13.3. The molecule has 2 unspecified atom stereocenters. The van der Waals surface area contributed by atoms with Crippen molar-refractivity contribution in [3.63, 3.8) is 0 Å². The van der Waals surface area contributed by atoms with Crippen LogP contribution in [-0.2, 0) is 53.8 Å². The highest BCUT2D eigenvalue weighted by Gasteiger charge is 2.48. The summed E-state index contributed by atoms with van der Waals surface area (Å²) in [7, 11) is 2.28. The summed E-state index contributed by atoms with van der Waals surface area (Å²) in [6, 6.07) is 8.93. The summed E-state index contributed by atoms with van der Waals surface area (Å²) in [4.78, 5) is 47.9. The van der Waals surface area contributed by atoms with Crippen LogP contribution in [0.2, 0.25) is 0 Å². The lowest BCUT2D eigenvalue weighted by Crippen LogP contribution is -2.38. The van der Waals surface area contributed by atoms with Gasteiger partial charge in [0, 0.05) is 6.42 Å². The molecule has 1 N–H and O–H groups in total. The number of carboxylic acids is 1. The van der Waals surface area contributed by atoms with E-state index in [0.717, 1.165) is 5.56 Å². The third-order valence-corrected chi connectivity index (χ3v) is 7.66. The minimum absolute atomic E-state index is 0.0339. The molecule has 210 valence electrons. The van der Waals surface area contributed by atoms with E-state index in [1.165, 1.54) is 37.5 Å². The van der Waals surface area contributed by atoms with E-state index in [1.54, 1.807) is 31.2 Å². The van der Waals surface area contributed by atoms with Crippen molar-refractivity contribution in [3.8, 4) is 0 Å². The van der Waals surface area contributed by atoms with Crippen LogP contribution in [0.1, 0.15) is 31.7 Å². The number of aliphatic carboxylic acids is 1. The predicted octanol–water partition coefficient (Wildman–Crippen LogP) is 2.32. The Morgan fingerprint density at radius 3 is 2.24 bits per heavy atom. The smallest absolute Gasteiger partial charge is 0.395 e. The molecule has 1 aromatic carbocycles. The molecule has 38 heavy (non-hydrogen) atoms. The summed E-state index contributed by atoms with van der Waals surface area (Å²) in [5.41, 5.74) is 0.725. The number of benzene rings is 1. The molecule has 0 fully saturated rings. The molecule has 0 radical (unpaired) electrons. The van der Waals surface area contributed by atoms with Crippen molar-refractivity contribution in [2.75, 3.05) is 34.8 Å². The van der Waals surface area contributed by atoms with Crippen molar-refractivity contribution >= 4 is 31.5 Å². The molecule has 0 saturated heterocycles. The van der Waals surface area contributed by atoms with Gasteiger partial charge >= 0.3 is 31.5 Å². The van der Waals surface area contributed by atoms with Gasteiger partial charge in [0.1, 0.15) is 13.2 Å². The standard InChI is InChI=1S/C24H33N2O11P/c1-6-19(29)35-17(15-33-20(30)13-12-18(27)28)21-22(34-14-16-10-8-7-9-11-16)23(24(31)36-21)37-38(32,25(2)3)26(4)5/h7-11,17,21H,6,12-15H2,1-5H3,(H,27,28). The topological polar surface area (TPSA) is 158 Å². The highest BCUT2D eigenvalue weighted by Crippen LogP contribution is 2.54. The van der Waals surface area contributed by atoms with Crippen LogP contribution in [0, 0.1) is 0 Å². The van der Waals surface area contributed by atoms with Gasteiger partial charge in [0.15, 0.2) is 11.9 Å².